The molecule has 0 unspecified atom stereocenters. The lowest BCUT2D eigenvalue weighted by molar-refractivity contribution is -0.142. The molecule has 1 aromatic carbocycles. The monoisotopic (exact) mass is 289 g/mol. The molecule has 5 nitrogen and oxygen atoms in total. The molecule has 0 spiro atoms. The summed E-state index contributed by atoms with van der Waals surface area (Å²) in [6, 6.07) is 9.23. The number of nitrogens with zero attached hydrogens (tertiary/aromatic N) is 1. The summed E-state index contributed by atoms with van der Waals surface area (Å²) in [5, 5.41) is 2.78. The van der Waals surface area contributed by atoms with Crippen molar-refractivity contribution in [3.63, 3.8) is 0 Å². The highest BCUT2D eigenvalue weighted by Crippen LogP contribution is 2.38. The molecular weight excluding hydrogens is 266 g/mol. The topological polar surface area (TPSA) is 75.4 Å². The standard InChI is InChI=1S/C16H23N3O2/c1-19(15(21)16(12-17)9-5-6-10-16)11-14(20)18-13-7-3-2-4-8-13/h2-4,7-8H,5-6,9-12,17H2,1H3,(H,18,20). The minimum absolute atomic E-state index is 0.00860. The fourth-order valence-corrected chi connectivity index (χ4v) is 2.97. The number of hydrogen-bond donors (Lipinski definition) is 2. The van der Waals surface area contributed by atoms with Gasteiger partial charge in [0.1, 0.15) is 0 Å². The van der Waals surface area contributed by atoms with Gasteiger partial charge in [-0.3, -0.25) is 9.59 Å². The van der Waals surface area contributed by atoms with Crippen LogP contribution in [0.25, 0.3) is 0 Å². The number of para-hydroxylation sites is 1. The lowest BCUT2D eigenvalue weighted by atomic mass is 9.85. The van der Waals surface area contributed by atoms with E-state index in [1.54, 1.807) is 7.05 Å². The highest BCUT2D eigenvalue weighted by Gasteiger charge is 2.41. The van der Waals surface area contributed by atoms with Gasteiger partial charge in [0.25, 0.3) is 0 Å². The summed E-state index contributed by atoms with van der Waals surface area (Å²) in [6.45, 7) is 0.409. The Morgan fingerprint density at radius 3 is 2.43 bits per heavy atom. The Morgan fingerprint density at radius 1 is 1.24 bits per heavy atom. The molecule has 0 bridgehead atoms. The molecule has 0 atom stereocenters. The van der Waals surface area contributed by atoms with E-state index in [4.69, 9.17) is 5.73 Å². The van der Waals surface area contributed by atoms with Gasteiger partial charge < -0.3 is 16.0 Å². The van der Waals surface area contributed by atoms with E-state index in [1.807, 2.05) is 30.3 Å². The normalized spacial score (nSPS) is 16.5. The maximum absolute atomic E-state index is 12.6. The van der Waals surface area contributed by atoms with Crippen molar-refractivity contribution >= 4 is 17.5 Å². The number of carbonyl (C=O) groups excluding carboxylic acids is 2. The van der Waals surface area contributed by atoms with Crippen molar-refractivity contribution in [2.75, 3.05) is 25.5 Å². The molecule has 1 aliphatic rings. The number of amides is 2. The molecule has 1 aliphatic carbocycles. The maximum Gasteiger partial charge on any atom is 0.243 e. The van der Waals surface area contributed by atoms with Gasteiger partial charge in [-0.15, -0.1) is 0 Å². The molecule has 0 aromatic heterocycles. The second-order valence-electron chi connectivity index (χ2n) is 5.77. The van der Waals surface area contributed by atoms with Gasteiger partial charge in [0.15, 0.2) is 0 Å². The molecule has 0 aliphatic heterocycles. The summed E-state index contributed by atoms with van der Waals surface area (Å²) >= 11 is 0. The predicted molar refractivity (Wildman–Crippen MR) is 82.7 cm³/mol. The van der Waals surface area contributed by atoms with Crippen molar-refractivity contribution in [2.24, 2.45) is 11.1 Å². The Hall–Kier alpha value is -1.88. The minimum Gasteiger partial charge on any atom is -0.336 e. The minimum atomic E-state index is -0.457. The summed E-state index contributed by atoms with van der Waals surface area (Å²) in [6.07, 6.45) is 3.72. The molecule has 2 amide bonds. The van der Waals surface area contributed by atoms with Crippen LogP contribution in [0, 0.1) is 5.41 Å². The van der Waals surface area contributed by atoms with Crippen molar-refractivity contribution < 1.29 is 9.59 Å². The van der Waals surface area contributed by atoms with Crippen LogP contribution in [0.2, 0.25) is 0 Å². The Labute approximate surface area is 125 Å². The lowest BCUT2D eigenvalue weighted by Gasteiger charge is -2.30. The van der Waals surface area contributed by atoms with Crippen LogP contribution >= 0.6 is 0 Å². The molecule has 0 radical (unpaired) electrons. The molecule has 0 saturated heterocycles. The number of nitrogens with two attached hydrogens (primary N) is 1. The number of carbonyl (C=O) groups is 2. The molecule has 1 aromatic rings. The first-order valence-corrected chi connectivity index (χ1v) is 7.38. The first-order valence-electron chi connectivity index (χ1n) is 7.38. The molecule has 2 rings (SSSR count). The van der Waals surface area contributed by atoms with Gasteiger partial charge in [-0.1, -0.05) is 31.0 Å². The van der Waals surface area contributed by atoms with Crippen LogP contribution in [-0.4, -0.2) is 36.9 Å². The van der Waals surface area contributed by atoms with E-state index in [0.29, 0.717) is 6.54 Å². The second-order valence-corrected chi connectivity index (χ2v) is 5.77. The average molecular weight is 289 g/mol. The Balaban J connectivity index is 1.93. The van der Waals surface area contributed by atoms with Gasteiger partial charge in [0.2, 0.25) is 11.8 Å². The van der Waals surface area contributed by atoms with Crippen molar-refractivity contribution in [2.45, 2.75) is 25.7 Å². The van der Waals surface area contributed by atoms with Crippen molar-refractivity contribution in [3.8, 4) is 0 Å². The van der Waals surface area contributed by atoms with E-state index in [0.717, 1.165) is 31.4 Å². The predicted octanol–water partition coefficient (Wildman–Crippen LogP) is 1.60. The third-order valence-corrected chi connectivity index (χ3v) is 4.19. The number of rotatable bonds is 5. The van der Waals surface area contributed by atoms with Gasteiger partial charge in [-0.25, -0.2) is 0 Å². The summed E-state index contributed by atoms with van der Waals surface area (Å²) in [4.78, 5) is 26.0. The number of likely N-dealkylation sites (N-methyl/N-ethyl adjacent to an activating group) is 1. The van der Waals surface area contributed by atoms with E-state index in [-0.39, 0.29) is 18.4 Å². The van der Waals surface area contributed by atoms with Crippen molar-refractivity contribution in [1.82, 2.24) is 4.90 Å². The zero-order valence-electron chi connectivity index (χ0n) is 12.5. The number of nitrogens with one attached hydrogen (secondary N) is 1. The highest BCUT2D eigenvalue weighted by molar-refractivity contribution is 5.95. The molecule has 1 saturated carbocycles. The molecule has 0 heterocycles. The van der Waals surface area contributed by atoms with E-state index < -0.39 is 5.41 Å². The van der Waals surface area contributed by atoms with E-state index in [1.165, 1.54) is 4.90 Å². The molecule has 1 fully saturated rings. The Morgan fingerprint density at radius 2 is 1.86 bits per heavy atom. The molecular formula is C16H23N3O2. The smallest absolute Gasteiger partial charge is 0.243 e. The number of hydrogen-bond acceptors (Lipinski definition) is 3. The maximum atomic E-state index is 12.6. The zero-order chi connectivity index (χ0) is 15.3. The van der Waals surface area contributed by atoms with Crippen LogP contribution in [0.5, 0.6) is 0 Å². The molecule has 3 N–H and O–H groups in total. The molecule has 114 valence electrons. The SMILES string of the molecule is CN(CC(=O)Nc1ccccc1)C(=O)C1(CN)CCCC1. The average Bonchev–Trinajstić information content (AvgIpc) is 2.97. The summed E-state index contributed by atoms with van der Waals surface area (Å²) in [5.74, 6) is -0.201. The van der Waals surface area contributed by atoms with E-state index >= 15 is 0 Å². The molecule has 21 heavy (non-hydrogen) atoms. The fraction of sp³-hybridized carbons (Fsp3) is 0.500. The third-order valence-electron chi connectivity index (χ3n) is 4.19. The van der Waals surface area contributed by atoms with Gasteiger partial charge in [0, 0.05) is 19.3 Å². The quantitative estimate of drug-likeness (QED) is 0.864. The Bertz CT molecular complexity index is 496. The van der Waals surface area contributed by atoms with E-state index in [2.05, 4.69) is 5.32 Å². The third kappa shape index (κ3) is 3.61. The van der Waals surface area contributed by atoms with Crippen LogP contribution in [0.15, 0.2) is 30.3 Å². The zero-order valence-corrected chi connectivity index (χ0v) is 12.5. The molecule has 5 heteroatoms. The van der Waals surface area contributed by atoms with Crippen LogP contribution < -0.4 is 11.1 Å². The van der Waals surface area contributed by atoms with Crippen LogP contribution in [0.1, 0.15) is 25.7 Å². The van der Waals surface area contributed by atoms with Gasteiger partial charge in [-0.2, -0.15) is 0 Å². The van der Waals surface area contributed by atoms with Crippen LogP contribution in [-0.2, 0) is 9.59 Å². The van der Waals surface area contributed by atoms with Gasteiger partial charge >= 0.3 is 0 Å². The number of benzene rings is 1. The summed E-state index contributed by atoms with van der Waals surface area (Å²) < 4.78 is 0. The second kappa shape index (κ2) is 6.72. The van der Waals surface area contributed by atoms with Crippen molar-refractivity contribution in [1.29, 1.82) is 0 Å². The van der Waals surface area contributed by atoms with Crippen molar-refractivity contribution in [3.05, 3.63) is 30.3 Å². The first kappa shape index (κ1) is 15.5. The Kier molecular flexibility index (Phi) is 4.96. The van der Waals surface area contributed by atoms with E-state index in [9.17, 15) is 9.59 Å². The van der Waals surface area contributed by atoms with Crippen LogP contribution in [0.4, 0.5) is 5.69 Å². The van der Waals surface area contributed by atoms with Crippen LogP contribution in [0.3, 0.4) is 0 Å². The fourth-order valence-electron chi connectivity index (χ4n) is 2.97. The van der Waals surface area contributed by atoms with Gasteiger partial charge in [0.05, 0.1) is 12.0 Å². The summed E-state index contributed by atoms with van der Waals surface area (Å²) in [7, 11) is 1.67. The lowest BCUT2D eigenvalue weighted by Crippen LogP contribution is -2.47. The highest BCUT2D eigenvalue weighted by atomic mass is 16.2. The van der Waals surface area contributed by atoms with Gasteiger partial charge in [-0.05, 0) is 25.0 Å². The first-order chi connectivity index (χ1) is 10.1. The largest absolute Gasteiger partial charge is 0.336 e. The summed E-state index contributed by atoms with van der Waals surface area (Å²) in [5.41, 5.74) is 6.09. The number of anilines is 1.